The summed E-state index contributed by atoms with van der Waals surface area (Å²) in [6.45, 7) is 5.15. The highest BCUT2D eigenvalue weighted by Gasteiger charge is 2.38. The first-order valence-corrected chi connectivity index (χ1v) is 6.11. The molecule has 0 saturated heterocycles. The predicted octanol–water partition coefficient (Wildman–Crippen LogP) is 3.22. The number of ether oxygens (including phenoxy) is 1. The summed E-state index contributed by atoms with van der Waals surface area (Å²) in [5.74, 6) is 2.29. The van der Waals surface area contributed by atoms with Crippen LogP contribution < -0.4 is 10.1 Å². The number of benzene rings is 1. The molecule has 0 heterocycles. The summed E-state index contributed by atoms with van der Waals surface area (Å²) in [7, 11) is 2.03. The third-order valence-electron chi connectivity index (χ3n) is 3.05. The van der Waals surface area contributed by atoms with E-state index in [-0.39, 0.29) is 12.4 Å². The monoisotopic (exact) mass is 255 g/mol. The fourth-order valence-corrected chi connectivity index (χ4v) is 2.03. The minimum Gasteiger partial charge on any atom is -0.493 e. The number of rotatable bonds is 5. The summed E-state index contributed by atoms with van der Waals surface area (Å²) in [4.78, 5) is 0. The molecule has 3 heteroatoms. The molecule has 0 aliphatic heterocycles. The Labute approximate surface area is 110 Å². The van der Waals surface area contributed by atoms with Crippen molar-refractivity contribution in [1.29, 1.82) is 0 Å². The fraction of sp³-hybridized carbons (Fsp3) is 0.571. The van der Waals surface area contributed by atoms with Crippen molar-refractivity contribution in [3.8, 4) is 5.75 Å². The van der Waals surface area contributed by atoms with Crippen LogP contribution in [0.4, 0.5) is 0 Å². The molecule has 0 bridgehead atoms. The highest BCUT2D eigenvalue weighted by Crippen LogP contribution is 2.44. The van der Waals surface area contributed by atoms with Gasteiger partial charge in [0, 0.05) is 12.0 Å². The lowest BCUT2D eigenvalue weighted by Crippen LogP contribution is -2.11. The lowest BCUT2D eigenvalue weighted by Gasteiger charge is -2.12. The standard InChI is InChI=1S/C14H21NO.ClH/c1-10(2)9-16-14-7-5-4-6-11(14)12-8-13(12)15-3;/h4-7,10,12-13,15H,8-9H2,1-3H3;1H. The molecule has 2 nitrogen and oxygen atoms in total. The smallest absolute Gasteiger partial charge is 0.122 e. The Morgan fingerprint density at radius 3 is 2.65 bits per heavy atom. The van der Waals surface area contributed by atoms with Crippen molar-refractivity contribution >= 4 is 12.4 Å². The molecule has 1 saturated carbocycles. The Kier molecular flexibility index (Phi) is 5.29. The van der Waals surface area contributed by atoms with Gasteiger partial charge in [-0.05, 0) is 31.0 Å². The first-order valence-electron chi connectivity index (χ1n) is 6.11. The molecular formula is C14H22ClNO. The molecule has 1 aromatic carbocycles. The molecule has 2 unspecified atom stereocenters. The lowest BCUT2D eigenvalue weighted by atomic mass is 10.1. The van der Waals surface area contributed by atoms with Crippen molar-refractivity contribution in [2.45, 2.75) is 32.2 Å². The number of halogens is 1. The van der Waals surface area contributed by atoms with Gasteiger partial charge in [0.05, 0.1) is 6.61 Å². The molecule has 1 fully saturated rings. The van der Waals surface area contributed by atoms with Crippen LogP contribution in [-0.2, 0) is 0 Å². The Morgan fingerprint density at radius 2 is 2.06 bits per heavy atom. The number of hydrogen-bond acceptors (Lipinski definition) is 2. The van der Waals surface area contributed by atoms with E-state index in [4.69, 9.17) is 4.74 Å². The van der Waals surface area contributed by atoms with Gasteiger partial charge >= 0.3 is 0 Å². The van der Waals surface area contributed by atoms with Crippen molar-refractivity contribution in [1.82, 2.24) is 5.32 Å². The zero-order valence-electron chi connectivity index (χ0n) is 10.8. The van der Waals surface area contributed by atoms with E-state index in [1.54, 1.807) is 0 Å². The maximum absolute atomic E-state index is 5.86. The van der Waals surface area contributed by atoms with Crippen LogP contribution in [0.1, 0.15) is 31.7 Å². The van der Waals surface area contributed by atoms with Crippen molar-refractivity contribution < 1.29 is 4.74 Å². The van der Waals surface area contributed by atoms with Crippen LogP contribution in [0.25, 0.3) is 0 Å². The molecule has 2 rings (SSSR count). The van der Waals surface area contributed by atoms with Gasteiger partial charge in [0.2, 0.25) is 0 Å². The van der Waals surface area contributed by atoms with Gasteiger partial charge < -0.3 is 10.1 Å². The topological polar surface area (TPSA) is 21.3 Å². The minimum atomic E-state index is 0. The van der Waals surface area contributed by atoms with Gasteiger partial charge in [-0.2, -0.15) is 0 Å². The van der Waals surface area contributed by atoms with Gasteiger partial charge in [0.1, 0.15) is 5.75 Å². The minimum absolute atomic E-state index is 0. The summed E-state index contributed by atoms with van der Waals surface area (Å²) in [5.41, 5.74) is 1.36. The van der Waals surface area contributed by atoms with E-state index >= 15 is 0 Å². The van der Waals surface area contributed by atoms with Crippen LogP contribution in [0.3, 0.4) is 0 Å². The lowest BCUT2D eigenvalue weighted by molar-refractivity contribution is 0.268. The van der Waals surface area contributed by atoms with Crippen molar-refractivity contribution in [3.63, 3.8) is 0 Å². The summed E-state index contributed by atoms with van der Waals surface area (Å²) in [5, 5.41) is 3.32. The Morgan fingerprint density at radius 1 is 1.35 bits per heavy atom. The fourth-order valence-electron chi connectivity index (χ4n) is 2.03. The number of para-hydroxylation sites is 1. The third kappa shape index (κ3) is 3.62. The molecular weight excluding hydrogens is 234 g/mol. The molecule has 1 aromatic rings. The number of hydrogen-bond donors (Lipinski definition) is 1. The van der Waals surface area contributed by atoms with Crippen molar-refractivity contribution in [3.05, 3.63) is 29.8 Å². The average Bonchev–Trinajstić information content (AvgIpc) is 3.06. The van der Waals surface area contributed by atoms with E-state index in [1.807, 2.05) is 7.05 Å². The second-order valence-electron chi connectivity index (χ2n) is 4.98. The van der Waals surface area contributed by atoms with Gasteiger partial charge in [0.25, 0.3) is 0 Å². The van der Waals surface area contributed by atoms with Crippen LogP contribution in [0.5, 0.6) is 5.75 Å². The normalized spacial score (nSPS) is 22.1. The Bertz CT molecular complexity index is 354. The summed E-state index contributed by atoms with van der Waals surface area (Å²) in [6.07, 6.45) is 1.23. The molecule has 0 aromatic heterocycles. The van der Waals surface area contributed by atoms with E-state index in [1.165, 1.54) is 12.0 Å². The molecule has 1 aliphatic carbocycles. The second kappa shape index (κ2) is 6.27. The Balaban J connectivity index is 0.00000144. The molecule has 17 heavy (non-hydrogen) atoms. The summed E-state index contributed by atoms with van der Waals surface area (Å²) in [6, 6.07) is 9.07. The van der Waals surface area contributed by atoms with E-state index in [2.05, 4.69) is 43.4 Å². The third-order valence-corrected chi connectivity index (χ3v) is 3.05. The number of likely N-dealkylation sites (N-methyl/N-ethyl adjacent to an activating group) is 1. The molecule has 1 aliphatic rings. The van der Waals surface area contributed by atoms with Crippen molar-refractivity contribution in [2.24, 2.45) is 5.92 Å². The van der Waals surface area contributed by atoms with E-state index in [0.717, 1.165) is 12.4 Å². The van der Waals surface area contributed by atoms with E-state index in [0.29, 0.717) is 17.9 Å². The van der Waals surface area contributed by atoms with Crippen LogP contribution in [-0.4, -0.2) is 19.7 Å². The SMILES string of the molecule is CNC1CC1c1ccccc1OCC(C)C.Cl. The van der Waals surface area contributed by atoms with Gasteiger partial charge in [-0.15, -0.1) is 12.4 Å². The molecule has 0 amide bonds. The molecule has 0 spiro atoms. The highest BCUT2D eigenvalue weighted by atomic mass is 35.5. The summed E-state index contributed by atoms with van der Waals surface area (Å²) < 4.78 is 5.86. The van der Waals surface area contributed by atoms with Crippen LogP contribution >= 0.6 is 12.4 Å². The average molecular weight is 256 g/mol. The van der Waals surface area contributed by atoms with E-state index in [9.17, 15) is 0 Å². The zero-order valence-corrected chi connectivity index (χ0v) is 11.6. The van der Waals surface area contributed by atoms with Crippen LogP contribution in [0.2, 0.25) is 0 Å². The molecule has 2 atom stereocenters. The molecule has 96 valence electrons. The second-order valence-corrected chi connectivity index (χ2v) is 4.98. The van der Waals surface area contributed by atoms with Crippen LogP contribution in [0.15, 0.2) is 24.3 Å². The van der Waals surface area contributed by atoms with E-state index < -0.39 is 0 Å². The maximum Gasteiger partial charge on any atom is 0.122 e. The van der Waals surface area contributed by atoms with Crippen molar-refractivity contribution in [2.75, 3.05) is 13.7 Å². The largest absolute Gasteiger partial charge is 0.493 e. The number of nitrogens with one attached hydrogen (secondary N) is 1. The van der Waals surface area contributed by atoms with Gasteiger partial charge in [-0.1, -0.05) is 32.0 Å². The van der Waals surface area contributed by atoms with Crippen LogP contribution in [0, 0.1) is 5.92 Å². The highest BCUT2D eigenvalue weighted by molar-refractivity contribution is 5.85. The molecule has 0 radical (unpaired) electrons. The quantitative estimate of drug-likeness (QED) is 0.872. The van der Waals surface area contributed by atoms with Gasteiger partial charge in [-0.3, -0.25) is 0 Å². The Hall–Kier alpha value is -0.730. The molecule has 1 N–H and O–H groups in total. The van der Waals surface area contributed by atoms with Gasteiger partial charge in [-0.25, -0.2) is 0 Å². The maximum atomic E-state index is 5.86. The first kappa shape index (κ1) is 14.3. The zero-order chi connectivity index (χ0) is 11.5. The predicted molar refractivity (Wildman–Crippen MR) is 74.2 cm³/mol. The first-order chi connectivity index (χ1) is 7.72. The van der Waals surface area contributed by atoms with Gasteiger partial charge in [0.15, 0.2) is 0 Å². The summed E-state index contributed by atoms with van der Waals surface area (Å²) >= 11 is 0.